The molecular weight excluding hydrogens is 212 g/mol. The molecule has 0 radical (unpaired) electrons. The van der Waals surface area contributed by atoms with Gasteiger partial charge in [-0.2, -0.15) is 0 Å². The van der Waals surface area contributed by atoms with Crippen LogP contribution in [0.4, 0.5) is 0 Å². The van der Waals surface area contributed by atoms with Crippen molar-refractivity contribution in [3.8, 4) is 0 Å². The molecular formula is C11H15Br. The van der Waals surface area contributed by atoms with Crippen molar-refractivity contribution < 1.29 is 0 Å². The van der Waals surface area contributed by atoms with E-state index in [2.05, 4.69) is 49.7 Å². The monoisotopic (exact) mass is 226 g/mol. The fraction of sp³-hybridized carbons (Fsp3) is 0.455. The lowest BCUT2D eigenvalue weighted by molar-refractivity contribution is 1.17. The molecule has 0 N–H and O–H groups in total. The standard InChI is InChI=1S/C11H15Br/c1-7-5-8(2)10(4)11(6-12)9(7)3/h5H,6H2,1-4H3. The summed E-state index contributed by atoms with van der Waals surface area (Å²) in [4.78, 5) is 0. The fourth-order valence-corrected chi connectivity index (χ4v) is 2.34. The Balaban J connectivity index is 3.42. The van der Waals surface area contributed by atoms with Gasteiger partial charge in [-0.3, -0.25) is 0 Å². The molecule has 0 fully saturated rings. The minimum absolute atomic E-state index is 0.965. The van der Waals surface area contributed by atoms with Gasteiger partial charge in [0.2, 0.25) is 0 Å². The summed E-state index contributed by atoms with van der Waals surface area (Å²) in [6.45, 7) is 8.73. The topological polar surface area (TPSA) is 0 Å². The first kappa shape index (κ1) is 9.79. The minimum Gasteiger partial charge on any atom is -0.0876 e. The number of hydrogen-bond acceptors (Lipinski definition) is 0. The van der Waals surface area contributed by atoms with E-state index in [0.717, 1.165) is 5.33 Å². The van der Waals surface area contributed by atoms with Gasteiger partial charge >= 0.3 is 0 Å². The van der Waals surface area contributed by atoms with Crippen LogP contribution in [0.5, 0.6) is 0 Å². The first-order valence-corrected chi connectivity index (χ1v) is 5.32. The molecule has 0 spiro atoms. The molecule has 0 saturated heterocycles. The van der Waals surface area contributed by atoms with Crippen molar-refractivity contribution in [2.24, 2.45) is 0 Å². The van der Waals surface area contributed by atoms with E-state index in [4.69, 9.17) is 0 Å². The second kappa shape index (κ2) is 3.61. The average molecular weight is 227 g/mol. The van der Waals surface area contributed by atoms with Gasteiger partial charge in [-0.05, 0) is 55.5 Å². The zero-order valence-electron chi connectivity index (χ0n) is 8.16. The van der Waals surface area contributed by atoms with E-state index in [1.54, 1.807) is 0 Å². The van der Waals surface area contributed by atoms with Crippen LogP contribution >= 0.6 is 15.9 Å². The number of halogens is 1. The van der Waals surface area contributed by atoms with Gasteiger partial charge in [-0.25, -0.2) is 0 Å². The molecule has 1 aromatic rings. The van der Waals surface area contributed by atoms with Gasteiger partial charge < -0.3 is 0 Å². The first-order chi connectivity index (χ1) is 5.57. The SMILES string of the molecule is Cc1cc(C)c(C)c(CBr)c1C. The van der Waals surface area contributed by atoms with Gasteiger partial charge in [0, 0.05) is 5.33 Å². The highest BCUT2D eigenvalue weighted by Gasteiger charge is 2.05. The van der Waals surface area contributed by atoms with E-state index >= 15 is 0 Å². The van der Waals surface area contributed by atoms with Crippen LogP contribution in [0.3, 0.4) is 0 Å². The van der Waals surface area contributed by atoms with Crippen LogP contribution in [0.15, 0.2) is 6.07 Å². The highest BCUT2D eigenvalue weighted by Crippen LogP contribution is 2.23. The summed E-state index contributed by atoms with van der Waals surface area (Å²) in [5, 5.41) is 0.965. The van der Waals surface area contributed by atoms with Gasteiger partial charge in [-0.15, -0.1) is 0 Å². The van der Waals surface area contributed by atoms with Crippen molar-refractivity contribution in [2.45, 2.75) is 33.0 Å². The van der Waals surface area contributed by atoms with E-state index in [0.29, 0.717) is 0 Å². The van der Waals surface area contributed by atoms with Crippen molar-refractivity contribution in [3.63, 3.8) is 0 Å². The maximum absolute atomic E-state index is 3.53. The third-order valence-corrected chi connectivity index (χ3v) is 3.22. The van der Waals surface area contributed by atoms with E-state index in [9.17, 15) is 0 Å². The smallest absolute Gasteiger partial charge is 0.0288 e. The molecule has 0 nitrogen and oxygen atoms in total. The summed E-state index contributed by atoms with van der Waals surface area (Å²) in [7, 11) is 0. The fourth-order valence-electron chi connectivity index (χ4n) is 1.50. The Kier molecular flexibility index (Phi) is 2.94. The summed E-state index contributed by atoms with van der Waals surface area (Å²) in [6, 6.07) is 2.26. The summed E-state index contributed by atoms with van der Waals surface area (Å²) in [6.07, 6.45) is 0. The molecule has 1 aromatic carbocycles. The normalized spacial score (nSPS) is 10.4. The maximum atomic E-state index is 3.53. The predicted molar refractivity (Wildman–Crippen MR) is 58.0 cm³/mol. The lowest BCUT2D eigenvalue weighted by atomic mass is 9.95. The molecule has 1 rings (SSSR count). The Morgan fingerprint density at radius 1 is 1.00 bits per heavy atom. The van der Waals surface area contributed by atoms with E-state index in [1.165, 1.54) is 27.8 Å². The van der Waals surface area contributed by atoms with Crippen LogP contribution < -0.4 is 0 Å². The lowest BCUT2D eigenvalue weighted by Gasteiger charge is -2.12. The molecule has 0 unspecified atom stereocenters. The van der Waals surface area contributed by atoms with Gasteiger partial charge in [0.25, 0.3) is 0 Å². The van der Waals surface area contributed by atoms with Crippen molar-refractivity contribution >= 4 is 15.9 Å². The van der Waals surface area contributed by atoms with E-state index < -0.39 is 0 Å². The van der Waals surface area contributed by atoms with Crippen molar-refractivity contribution in [1.29, 1.82) is 0 Å². The maximum Gasteiger partial charge on any atom is 0.0288 e. The Morgan fingerprint density at radius 2 is 1.42 bits per heavy atom. The number of aryl methyl sites for hydroxylation is 2. The third-order valence-electron chi connectivity index (χ3n) is 2.65. The molecule has 0 aromatic heterocycles. The molecule has 0 heterocycles. The minimum atomic E-state index is 0.965. The van der Waals surface area contributed by atoms with Crippen LogP contribution in [-0.4, -0.2) is 0 Å². The zero-order valence-corrected chi connectivity index (χ0v) is 9.75. The van der Waals surface area contributed by atoms with E-state index in [1.807, 2.05) is 0 Å². The Hall–Kier alpha value is -0.300. The van der Waals surface area contributed by atoms with Gasteiger partial charge in [0.05, 0.1) is 0 Å². The van der Waals surface area contributed by atoms with Gasteiger partial charge in [0.15, 0.2) is 0 Å². The number of rotatable bonds is 1. The number of alkyl halides is 1. The molecule has 0 atom stereocenters. The second-order valence-electron chi connectivity index (χ2n) is 3.37. The average Bonchev–Trinajstić information content (AvgIpc) is 2.02. The Morgan fingerprint density at radius 3 is 1.75 bits per heavy atom. The lowest BCUT2D eigenvalue weighted by Crippen LogP contribution is -1.96. The van der Waals surface area contributed by atoms with Crippen LogP contribution in [0.25, 0.3) is 0 Å². The van der Waals surface area contributed by atoms with Crippen LogP contribution in [0.2, 0.25) is 0 Å². The molecule has 0 aliphatic heterocycles. The number of benzene rings is 1. The second-order valence-corrected chi connectivity index (χ2v) is 3.93. The molecule has 66 valence electrons. The highest BCUT2D eigenvalue weighted by molar-refractivity contribution is 9.08. The molecule has 0 bridgehead atoms. The Labute approximate surface area is 83.1 Å². The molecule has 0 saturated carbocycles. The highest BCUT2D eigenvalue weighted by atomic mass is 79.9. The molecule has 0 amide bonds. The predicted octanol–water partition coefficient (Wildman–Crippen LogP) is 3.82. The zero-order chi connectivity index (χ0) is 9.30. The van der Waals surface area contributed by atoms with Crippen molar-refractivity contribution in [2.75, 3.05) is 0 Å². The molecule has 1 heteroatoms. The third kappa shape index (κ3) is 1.56. The van der Waals surface area contributed by atoms with Gasteiger partial charge in [0.1, 0.15) is 0 Å². The first-order valence-electron chi connectivity index (χ1n) is 4.20. The van der Waals surface area contributed by atoms with Crippen LogP contribution in [-0.2, 0) is 5.33 Å². The largest absolute Gasteiger partial charge is 0.0876 e. The Bertz CT molecular complexity index is 274. The summed E-state index contributed by atoms with van der Waals surface area (Å²) in [5.74, 6) is 0. The summed E-state index contributed by atoms with van der Waals surface area (Å²) >= 11 is 3.53. The van der Waals surface area contributed by atoms with Crippen molar-refractivity contribution in [1.82, 2.24) is 0 Å². The molecule has 0 aliphatic carbocycles. The van der Waals surface area contributed by atoms with E-state index in [-0.39, 0.29) is 0 Å². The summed E-state index contributed by atoms with van der Waals surface area (Å²) < 4.78 is 0. The van der Waals surface area contributed by atoms with Crippen molar-refractivity contribution in [3.05, 3.63) is 33.9 Å². The quantitative estimate of drug-likeness (QED) is 0.640. The molecule has 0 aliphatic rings. The van der Waals surface area contributed by atoms with Crippen LogP contribution in [0.1, 0.15) is 27.8 Å². The molecule has 12 heavy (non-hydrogen) atoms. The van der Waals surface area contributed by atoms with Gasteiger partial charge in [-0.1, -0.05) is 22.0 Å². The summed E-state index contributed by atoms with van der Waals surface area (Å²) in [5.41, 5.74) is 7.09. The number of hydrogen-bond donors (Lipinski definition) is 0. The van der Waals surface area contributed by atoms with Crippen LogP contribution in [0, 0.1) is 27.7 Å².